The summed E-state index contributed by atoms with van der Waals surface area (Å²) in [5, 5.41) is 0. The number of methoxy groups -OCH3 is 2. The molecule has 0 bridgehead atoms. The second kappa shape index (κ2) is 6.13. The number of hydrogen-bond donors (Lipinski definition) is 0. The van der Waals surface area contributed by atoms with Crippen LogP contribution in [0.2, 0.25) is 0 Å². The molecule has 0 aliphatic carbocycles. The van der Waals surface area contributed by atoms with Crippen molar-refractivity contribution in [1.82, 2.24) is 4.90 Å². The molecule has 0 saturated heterocycles. The number of benzene rings is 1. The second-order valence-corrected chi connectivity index (χ2v) is 3.87. The number of rotatable bonds is 5. The highest BCUT2D eigenvalue weighted by Gasteiger charge is 2.07. The first kappa shape index (κ1) is 13.4. The van der Waals surface area contributed by atoms with Gasteiger partial charge >= 0.3 is 0 Å². The first-order chi connectivity index (χ1) is 8.08. The lowest BCUT2D eigenvalue weighted by molar-refractivity contribution is -0.127. The van der Waals surface area contributed by atoms with Crippen molar-refractivity contribution in [2.45, 2.75) is 13.3 Å². The van der Waals surface area contributed by atoms with Crippen LogP contribution >= 0.6 is 0 Å². The van der Waals surface area contributed by atoms with Gasteiger partial charge in [0.05, 0.1) is 14.2 Å². The van der Waals surface area contributed by atoms with E-state index in [0.29, 0.717) is 6.54 Å². The average molecular weight is 237 g/mol. The van der Waals surface area contributed by atoms with Gasteiger partial charge in [0.2, 0.25) is 5.91 Å². The molecule has 1 amide bonds. The minimum atomic E-state index is 0.0619. The highest BCUT2D eigenvalue weighted by molar-refractivity contribution is 5.72. The van der Waals surface area contributed by atoms with Crippen LogP contribution < -0.4 is 9.47 Å². The van der Waals surface area contributed by atoms with Crippen LogP contribution in [0.4, 0.5) is 0 Å². The zero-order chi connectivity index (χ0) is 12.8. The molecule has 4 nitrogen and oxygen atoms in total. The van der Waals surface area contributed by atoms with Crippen LogP contribution in [-0.2, 0) is 11.2 Å². The standard InChI is InChI=1S/C13H19NO3/c1-10(15)14(2)8-7-11-9-12(16-3)5-6-13(11)17-4/h5-6,9H,7-8H2,1-4H3. The van der Waals surface area contributed by atoms with E-state index in [2.05, 4.69) is 0 Å². The summed E-state index contributed by atoms with van der Waals surface area (Å²) in [6, 6.07) is 5.67. The van der Waals surface area contributed by atoms with Gasteiger partial charge in [0.15, 0.2) is 0 Å². The highest BCUT2D eigenvalue weighted by Crippen LogP contribution is 2.24. The average Bonchev–Trinajstić information content (AvgIpc) is 2.35. The molecule has 0 aliphatic heterocycles. The van der Waals surface area contributed by atoms with Crippen molar-refractivity contribution in [2.75, 3.05) is 27.8 Å². The van der Waals surface area contributed by atoms with Crippen molar-refractivity contribution in [3.8, 4) is 11.5 Å². The van der Waals surface area contributed by atoms with E-state index in [0.717, 1.165) is 23.5 Å². The van der Waals surface area contributed by atoms with Gasteiger partial charge in [0.25, 0.3) is 0 Å². The summed E-state index contributed by atoms with van der Waals surface area (Å²) in [5.41, 5.74) is 1.04. The molecular weight excluding hydrogens is 218 g/mol. The van der Waals surface area contributed by atoms with E-state index in [4.69, 9.17) is 9.47 Å². The van der Waals surface area contributed by atoms with Gasteiger partial charge in [-0.05, 0) is 30.2 Å². The molecule has 0 aromatic heterocycles. The van der Waals surface area contributed by atoms with Gasteiger partial charge in [0.1, 0.15) is 11.5 Å². The van der Waals surface area contributed by atoms with E-state index < -0.39 is 0 Å². The number of amides is 1. The van der Waals surface area contributed by atoms with Crippen molar-refractivity contribution < 1.29 is 14.3 Å². The molecule has 17 heavy (non-hydrogen) atoms. The van der Waals surface area contributed by atoms with Crippen molar-refractivity contribution in [3.63, 3.8) is 0 Å². The van der Waals surface area contributed by atoms with Gasteiger partial charge in [-0.2, -0.15) is 0 Å². The van der Waals surface area contributed by atoms with E-state index in [-0.39, 0.29) is 5.91 Å². The van der Waals surface area contributed by atoms with Crippen LogP contribution in [-0.4, -0.2) is 38.6 Å². The summed E-state index contributed by atoms with van der Waals surface area (Å²) in [6.07, 6.45) is 0.746. The topological polar surface area (TPSA) is 38.8 Å². The molecular formula is C13H19NO3. The molecule has 1 aromatic rings. The predicted molar refractivity (Wildman–Crippen MR) is 66.6 cm³/mol. The predicted octanol–water partition coefficient (Wildman–Crippen LogP) is 1.72. The van der Waals surface area contributed by atoms with Crippen molar-refractivity contribution >= 4 is 5.91 Å². The number of nitrogens with zero attached hydrogens (tertiary/aromatic N) is 1. The molecule has 0 radical (unpaired) electrons. The SMILES string of the molecule is COc1ccc(OC)c(CCN(C)C(C)=O)c1. The van der Waals surface area contributed by atoms with E-state index >= 15 is 0 Å². The van der Waals surface area contributed by atoms with Gasteiger partial charge < -0.3 is 14.4 Å². The zero-order valence-corrected chi connectivity index (χ0v) is 10.8. The van der Waals surface area contributed by atoms with Gasteiger partial charge in [-0.1, -0.05) is 0 Å². The number of carbonyl (C=O) groups is 1. The van der Waals surface area contributed by atoms with Crippen LogP contribution in [0.25, 0.3) is 0 Å². The Morgan fingerprint density at radius 3 is 2.53 bits per heavy atom. The van der Waals surface area contributed by atoms with Gasteiger partial charge in [-0.25, -0.2) is 0 Å². The fourth-order valence-corrected chi connectivity index (χ4v) is 1.52. The maximum absolute atomic E-state index is 11.1. The quantitative estimate of drug-likeness (QED) is 0.782. The Morgan fingerprint density at radius 1 is 1.29 bits per heavy atom. The van der Waals surface area contributed by atoms with Crippen molar-refractivity contribution in [1.29, 1.82) is 0 Å². The maximum Gasteiger partial charge on any atom is 0.219 e. The molecule has 0 N–H and O–H groups in total. The van der Waals surface area contributed by atoms with Crippen LogP contribution in [0.3, 0.4) is 0 Å². The van der Waals surface area contributed by atoms with E-state index in [1.54, 1.807) is 33.1 Å². The van der Waals surface area contributed by atoms with Gasteiger partial charge in [-0.3, -0.25) is 4.79 Å². The Balaban J connectivity index is 2.77. The molecule has 0 heterocycles. The molecule has 0 atom stereocenters. The summed E-state index contributed by atoms with van der Waals surface area (Å²) in [7, 11) is 5.06. The maximum atomic E-state index is 11.1. The summed E-state index contributed by atoms with van der Waals surface area (Å²) in [6.45, 7) is 2.22. The minimum Gasteiger partial charge on any atom is -0.497 e. The Morgan fingerprint density at radius 2 is 2.00 bits per heavy atom. The summed E-state index contributed by atoms with van der Waals surface area (Å²) >= 11 is 0. The Kier molecular flexibility index (Phi) is 4.82. The van der Waals surface area contributed by atoms with Crippen LogP contribution in [0.5, 0.6) is 11.5 Å². The first-order valence-electron chi connectivity index (χ1n) is 5.51. The van der Waals surface area contributed by atoms with Crippen LogP contribution in [0, 0.1) is 0 Å². The number of ether oxygens (including phenoxy) is 2. The lowest BCUT2D eigenvalue weighted by Crippen LogP contribution is -2.26. The van der Waals surface area contributed by atoms with Crippen molar-refractivity contribution in [3.05, 3.63) is 23.8 Å². The minimum absolute atomic E-state index is 0.0619. The molecule has 0 aliphatic rings. The van der Waals surface area contributed by atoms with Crippen LogP contribution in [0.15, 0.2) is 18.2 Å². The molecule has 1 rings (SSSR count). The van der Waals surface area contributed by atoms with Crippen LogP contribution in [0.1, 0.15) is 12.5 Å². The lowest BCUT2D eigenvalue weighted by Gasteiger charge is -2.16. The Bertz CT molecular complexity index is 390. The lowest BCUT2D eigenvalue weighted by atomic mass is 10.1. The van der Waals surface area contributed by atoms with Gasteiger partial charge in [-0.15, -0.1) is 0 Å². The number of carbonyl (C=O) groups excluding carboxylic acids is 1. The summed E-state index contributed by atoms with van der Waals surface area (Å²) in [4.78, 5) is 12.8. The fourth-order valence-electron chi connectivity index (χ4n) is 1.52. The third-order valence-electron chi connectivity index (χ3n) is 2.74. The van der Waals surface area contributed by atoms with Crippen molar-refractivity contribution in [2.24, 2.45) is 0 Å². The molecule has 0 spiro atoms. The van der Waals surface area contributed by atoms with E-state index in [9.17, 15) is 4.79 Å². The molecule has 0 unspecified atom stereocenters. The summed E-state index contributed by atoms with van der Waals surface area (Å²) in [5.74, 6) is 1.68. The zero-order valence-electron chi connectivity index (χ0n) is 10.8. The molecule has 94 valence electrons. The third kappa shape index (κ3) is 3.66. The van der Waals surface area contributed by atoms with Gasteiger partial charge in [0, 0.05) is 20.5 Å². The normalized spacial score (nSPS) is 9.88. The molecule has 1 aromatic carbocycles. The molecule has 4 heteroatoms. The second-order valence-electron chi connectivity index (χ2n) is 3.87. The Hall–Kier alpha value is -1.71. The summed E-state index contributed by atoms with van der Waals surface area (Å²) < 4.78 is 10.5. The fraction of sp³-hybridized carbons (Fsp3) is 0.462. The third-order valence-corrected chi connectivity index (χ3v) is 2.74. The van der Waals surface area contributed by atoms with E-state index in [1.165, 1.54) is 0 Å². The molecule has 0 saturated carbocycles. The monoisotopic (exact) mass is 237 g/mol. The largest absolute Gasteiger partial charge is 0.497 e. The number of hydrogen-bond acceptors (Lipinski definition) is 3. The first-order valence-corrected chi connectivity index (χ1v) is 5.51. The van der Waals surface area contributed by atoms with E-state index in [1.807, 2.05) is 18.2 Å². The molecule has 0 fully saturated rings. The number of likely N-dealkylation sites (N-methyl/N-ethyl adjacent to an activating group) is 1. The Labute approximate surface area is 102 Å². The highest BCUT2D eigenvalue weighted by atomic mass is 16.5. The smallest absolute Gasteiger partial charge is 0.219 e.